The number of amides is 3. The molecular weight excluding hydrogens is 432 g/mol. The second kappa shape index (κ2) is 11.8. The second-order valence-corrected chi connectivity index (χ2v) is 7.81. The molecule has 3 aromatic rings. The van der Waals surface area contributed by atoms with E-state index in [0.717, 1.165) is 38.6 Å². The molecule has 0 spiro atoms. The fourth-order valence-corrected chi connectivity index (χ4v) is 3.48. The van der Waals surface area contributed by atoms with E-state index in [2.05, 4.69) is 20.9 Å². The molecule has 0 atom stereocenters. The molecule has 4 rings (SSSR count). The average molecular weight is 461 g/mol. The van der Waals surface area contributed by atoms with Gasteiger partial charge in [-0.25, -0.2) is 4.79 Å². The molecule has 1 saturated heterocycles. The van der Waals surface area contributed by atoms with Crippen LogP contribution in [0.15, 0.2) is 78.9 Å². The fourth-order valence-electron chi connectivity index (χ4n) is 3.48. The van der Waals surface area contributed by atoms with Crippen LogP contribution >= 0.6 is 0 Å². The normalized spacial score (nSPS) is 13.6. The summed E-state index contributed by atoms with van der Waals surface area (Å²) in [7, 11) is 0. The number of hydrogen-bond donors (Lipinski definition) is 3. The highest BCUT2D eigenvalue weighted by Gasteiger charge is 2.11. The van der Waals surface area contributed by atoms with Crippen LogP contribution in [0.3, 0.4) is 0 Å². The Morgan fingerprint density at radius 3 is 2.03 bits per heavy atom. The Morgan fingerprint density at radius 1 is 0.794 bits per heavy atom. The number of morpholine rings is 1. The first-order valence-corrected chi connectivity index (χ1v) is 11.2. The third-order valence-electron chi connectivity index (χ3n) is 5.31. The number of benzene rings is 3. The van der Waals surface area contributed by atoms with Crippen LogP contribution in [0.5, 0.6) is 11.5 Å². The number of anilines is 2. The number of nitrogens with one attached hydrogen (secondary N) is 3. The quantitative estimate of drug-likeness (QED) is 0.469. The Labute approximate surface area is 198 Å². The van der Waals surface area contributed by atoms with Crippen LogP contribution in [-0.4, -0.2) is 56.2 Å². The standard InChI is InChI=1S/C26H28N4O4/c31-25(27-14-15-30-16-18-33-19-17-30)20-6-8-21(9-7-20)28-26(32)29-22-10-12-24(13-11-22)34-23-4-2-1-3-5-23/h1-13H,14-19H2,(H,27,31)(H2,28,29,32). The van der Waals surface area contributed by atoms with Gasteiger partial charge in [0.2, 0.25) is 0 Å². The summed E-state index contributed by atoms with van der Waals surface area (Å²) in [5.41, 5.74) is 1.77. The molecule has 1 heterocycles. The molecule has 0 radical (unpaired) electrons. The molecule has 34 heavy (non-hydrogen) atoms. The van der Waals surface area contributed by atoms with Gasteiger partial charge < -0.3 is 25.4 Å². The summed E-state index contributed by atoms with van der Waals surface area (Å²) >= 11 is 0. The molecule has 1 aliphatic heterocycles. The molecule has 0 aromatic heterocycles. The largest absolute Gasteiger partial charge is 0.457 e. The number of ether oxygens (including phenoxy) is 2. The molecule has 3 aromatic carbocycles. The maximum atomic E-state index is 12.3. The molecule has 3 amide bonds. The third kappa shape index (κ3) is 7.06. The van der Waals surface area contributed by atoms with Gasteiger partial charge in [-0.2, -0.15) is 0 Å². The van der Waals surface area contributed by atoms with E-state index in [0.29, 0.717) is 29.2 Å². The van der Waals surface area contributed by atoms with E-state index in [4.69, 9.17) is 9.47 Å². The summed E-state index contributed by atoms with van der Waals surface area (Å²) < 4.78 is 11.1. The summed E-state index contributed by atoms with van der Waals surface area (Å²) in [6.07, 6.45) is 0. The predicted molar refractivity (Wildman–Crippen MR) is 132 cm³/mol. The van der Waals surface area contributed by atoms with Gasteiger partial charge in [0.15, 0.2) is 0 Å². The molecule has 0 saturated carbocycles. The highest BCUT2D eigenvalue weighted by atomic mass is 16.5. The van der Waals surface area contributed by atoms with Crippen LogP contribution in [0.4, 0.5) is 16.2 Å². The van der Waals surface area contributed by atoms with Crippen molar-refractivity contribution in [1.82, 2.24) is 10.2 Å². The minimum atomic E-state index is -0.376. The van der Waals surface area contributed by atoms with Gasteiger partial charge in [-0.05, 0) is 60.7 Å². The number of urea groups is 1. The lowest BCUT2D eigenvalue weighted by molar-refractivity contribution is 0.0383. The number of rotatable bonds is 8. The van der Waals surface area contributed by atoms with Crippen molar-refractivity contribution < 1.29 is 19.1 Å². The smallest absolute Gasteiger partial charge is 0.323 e. The van der Waals surface area contributed by atoms with Gasteiger partial charge in [-0.1, -0.05) is 18.2 Å². The van der Waals surface area contributed by atoms with Crippen LogP contribution in [0.1, 0.15) is 10.4 Å². The average Bonchev–Trinajstić information content (AvgIpc) is 2.87. The van der Waals surface area contributed by atoms with Crippen LogP contribution in [0, 0.1) is 0 Å². The summed E-state index contributed by atoms with van der Waals surface area (Å²) in [6, 6.07) is 23.0. The Balaban J connectivity index is 1.21. The zero-order valence-electron chi connectivity index (χ0n) is 18.8. The van der Waals surface area contributed by atoms with Gasteiger partial charge in [0.25, 0.3) is 5.91 Å². The van der Waals surface area contributed by atoms with Crippen molar-refractivity contribution in [2.24, 2.45) is 0 Å². The fraction of sp³-hybridized carbons (Fsp3) is 0.231. The first-order chi connectivity index (χ1) is 16.7. The monoisotopic (exact) mass is 460 g/mol. The molecule has 3 N–H and O–H groups in total. The number of para-hydroxylation sites is 1. The van der Waals surface area contributed by atoms with Crippen LogP contribution < -0.4 is 20.7 Å². The van der Waals surface area contributed by atoms with Crippen molar-refractivity contribution >= 4 is 23.3 Å². The van der Waals surface area contributed by atoms with Crippen molar-refractivity contribution in [3.8, 4) is 11.5 Å². The lowest BCUT2D eigenvalue weighted by Crippen LogP contribution is -2.41. The zero-order chi connectivity index (χ0) is 23.6. The summed E-state index contributed by atoms with van der Waals surface area (Å²) in [6.45, 7) is 4.65. The second-order valence-electron chi connectivity index (χ2n) is 7.81. The van der Waals surface area contributed by atoms with Crippen molar-refractivity contribution in [2.45, 2.75) is 0 Å². The maximum absolute atomic E-state index is 12.3. The minimum absolute atomic E-state index is 0.137. The third-order valence-corrected chi connectivity index (χ3v) is 5.31. The van der Waals surface area contributed by atoms with Crippen molar-refractivity contribution in [1.29, 1.82) is 0 Å². The van der Waals surface area contributed by atoms with Crippen LogP contribution in [0.2, 0.25) is 0 Å². The van der Waals surface area contributed by atoms with Crippen molar-refractivity contribution in [3.05, 3.63) is 84.4 Å². The van der Waals surface area contributed by atoms with E-state index in [9.17, 15) is 9.59 Å². The molecule has 8 nitrogen and oxygen atoms in total. The van der Waals surface area contributed by atoms with E-state index in [1.54, 1.807) is 48.5 Å². The number of nitrogens with zero attached hydrogens (tertiary/aromatic N) is 1. The van der Waals surface area contributed by atoms with E-state index in [-0.39, 0.29) is 11.9 Å². The Hall–Kier alpha value is -3.88. The molecule has 0 bridgehead atoms. The van der Waals surface area contributed by atoms with E-state index < -0.39 is 0 Å². The summed E-state index contributed by atoms with van der Waals surface area (Å²) in [4.78, 5) is 26.9. The minimum Gasteiger partial charge on any atom is -0.457 e. The van der Waals surface area contributed by atoms with Crippen molar-refractivity contribution in [2.75, 3.05) is 50.0 Å². The first kappa shape index (κ1) is 23.3. The van der Waals surface area contributed by atoms with Crippen LogP contribution in [-0.2, 0) is 4.74 Å². The molecule has 176 valence electrons. The van der Waals surface area contributed by atoms with Gasteiger partial charge in [-0.3, -0.25) is 9.69 Å². The number of hydrogen-bond acceptors (Lipinski definition) is 5. The molecule has 0 unspecified atom stereocenters. The summed E-state index contributed by atoms with van der Waals surface area (Å²) in [5, 5.41) is 8.47. The molecule has 8 heteroatoms. The Morgan fingerprint density at radius 2 is 1.38 bits per heavy atom. The van der Waals surface area contributed by atoms with E-state index in [1.165, 1.54) is 0 Å². The SMILES string of the molecule is O=C(Nc1ccc(Oc2ccccc2)cc1)Nc1ccc(C(=O)NCCN2CCOCC2)cc1. The number of carbonyl (C=O) groups excluding carboxylic acids is 2. The molecular formula is C26H28N4O4. The van der Waals surface area contributed by atoms with E-state index >= 15 is 0 Å². The van der Waals surface area contributed by atoms with Crippen LogP contribution in [0.25, 0.3) is 0 Å². The van der Waals surface area contributed by atoms with Gasteiger partial charge >= 0.3 is 6.03 Å². The number of carbonyl (C=O) groups is 2. The molecule has 1 aliphatic rings. The van der Waals surface area contributed by atoms with Gasteiger partial charge in [0.1, 0.15) is 11.5 Å². The van der Waals surface area contributed by atoms with Gasteiger partial charge in [0.05, 0.1) is 13.2 Å². The Bertz CT molecular complexity index is 1070. The van der Waals surface area contributed by atoms with Crippen molar-refractivity contribution in [3.63, 3.8) is 0 Å². The van der Waals surface area contributed by atoms with Gasteiger partial charge in [-0.15, -0.1) is 0 Å². The highest BCUT2D eigenvalue weighted by molar-refractivity contribution is 6.00. The zero-order valence-corrected chi connectivity index (χ0v) is 18.8. The highest BCUT2D eigenvalue weighted by Crippen LogP contribution is 2.22. The summed E-state index contributed by atoms with van der Waals surface area (Å²) in [5.74, 6) is 1.29. The van der Waals surface area contributed by atoms with E-state index in [1.807, 2.05) is 30.3 Å². The maximum Gasteiger partial charge on any atom is 0.323 e. The first-order valence-electron chi connectivity index (χ1n) is 11.2. The lowest BCUT2D eigenvalue weighted by Gasteiger charge is -2.26. The lowest BCUT2D eigenvalue weighted by atomic mass is 10.2. The molecule has 0 aliphatic carbocycles. The van der Waals surface area contributed by atoms with Gasteiger partial charge in [0, 0.05) is 43.1 Å². The topological polar surface area (TPSA) is 91.9 Å². The molecule has 1 fully saturated rings. The Kier molecular flexibility index (Phi) is 8.10. The predicted octanol–water partition coefficient (Wildman–Crippen LogP) is 4.18.